The zero-order chi connectivity index (χ0) is 15.3. The Kier molecular flexibility index (Phi) is 6.10. The van der Waals surface area contributed by atoms with Gasteiger partial charge < -0.3 is 9.84 Å². The van der Waals surface area contributed by atoms with Gasteiger partial charge >= 0.3 is 12.1 Å². The summed E-state index contributed by atoms with van der Waals surface area (Å²) in [6.07, 6.45) is -1.79. The summed E-state index contributed by atoms with van der Waals surface area (Å²) >= 11 is 11.6. The summed E-state index contributed by atoms with van der Waals surface area (Å²) in [7, 11) is 0. The molecule has 2 N–H and O–H groups in total. The number of aliphatic carboxylic acids is 1. The van der Waals surface area contributed by atoms with Crippen molar-refractivity contribution in [1.29, 1.82) is 0 Å². The Morgan fingerprint density at radius 2 is 1.95 bits per heavy atom. The van der Waals surface area contributed by atoms with Crippen LogP contribution in [0.4, 0.5) is 10.5 Å². The maximum atomic E-state index is 11.6. The van der Waals surface area contributed by atoms with Crippen LogP contribution in [0.3, 0.4) is 0 Å². The summed E-state index contributed by atoms with van der Waals surface area (Å²) in [6.45, 7) is 3.69. The number of hydrogen-bond donors (Lipinski definition) is 2. The summed E-state index contributed by atoms with van der Waals surface area (Å²) in [6, 6.07) is 4.50. The number of benzene rings is 1. The second kappa shape index (κ2) is 7.36. The van der Waals surface area contributed by atoms with Gasteiger partial charge in [0.1, 0.15) is 0 Å². The average Bonchev–Trinajstić information content (AvgIpc) is 2.32. The lowest BCUT2D eigenvalue weighted by molar-refractivity contribution is -0.147. The number of carboxylic acid groups (broad SMARTS) is 1. The Morgan fingerprint density at radius 1 is 1.30 bits per heavy atom. The molecule has 7 heteroatoms. The topological polar surface area (TPSA) is 75.6 Å². The van der Waals surface area contributed by atoms with E-state index >= 15 is 0 Å². The van der Waals surface area contributed by atoms with Crippen LogP contribution in [0.5, 0.6) is 0 Å². The Hall–Kier alpha value is -1.46. The van der Waals surface area contributed by atoms with Crippen LogP contribution in [0.1, 0.15) is 20.3 Å². The van der Waals surface area contributed by atoms with E-state index in [1.165, 1.54) is 18.2 Å². The first-order valence-corrected chi connectivity index (χ1v) is 6.70. The summed E-state index contributed by atoms with van der Waals surface area (Å²) in [5.41, 5.74) is 0.373. The molecule has 1 atom stereocenters. The molecule has 0 saturated heterocycles. The highest BCUT2D eigenvalue weighted by molar-refractivity contribution is 6.42. The molecule has 1 aromatic carbocycles. The van der Waals surface area contributed by atoms with E-state index in [1.807, 2.05) is 13.8 Å². The van der Waals surface area contributed by atoms with E-state index in [1.54, 1.807) is 0 Å². The lowest BCUT2D eigenvalue weighted by atomic mass is 10.1. The summed E-state index contributed by atoms with van der Waals surface area (Å²) in [5, 5.41) is 12.0. The molecular formula is C13H15Cl2NO4. The van der Waals surface area contributed by atoms with Crippen LogP contribution < -0.4 is 5.32 Å². The molecule has 0 bridgehead atoms. The second-order valence-corrected chi connectivity index (χ2v) is 5.43. The highest BCUT2D eigenvalue weighted by Crippen LogP contribution is 2.25. The molecule has 0 aliphatic heterocycles. The van der Waals surface area contributed by atoms with Crippen molar-refractivity contribution in [1.82, 2.24) is 0 Å². The van der Waals surface area contributed by atoms with E-state index in [0.717, 1.165) is 0 Å². The maximum Gasteiger partial charge on any atom is 0.412 e. The quantitative estimate of drug-likeness (QED) is 0.858. The number of rotatable bonds is 5. The monoisotopic (exact) mass is 319 g/mol. The van der Waals surface area contributed by atoms with Crippen molar-refractivity contribution in [3.05, 3.63) is 28.2 Å². The highest BCUT2D eigenvalue weighted by Gasteiger charge is 2.23. The Bertz CT molecular complexity index is 505. The van der Waals surface area contributed by atoms with Gasteiger partial charge in [0.05, 0.1) is 10.0 Å². The molecule has 110 valence electrons. The van der Waals surface area contributed by atoms with Crippen molar-refractivity contribution in [3.63, 3.8) is 0 Å². The fourth-order valence-corrected chi connectivity index (χ4v) is 1.78. The predicted molar refractivity (Wildman–Crippen MR) is 77.4 cm³/mol. The lowest BCUT2D eigenvalue weighted by Gasteiger charge is -2.16. The number of ether oxygens (including phenoxy) is 1. The second-order valence-electron chi connectivity index (χ2n) is 4.62. The third-order valence-corrected chi connectivity index (χ3v) is 3.12. The van der Waals surface area contributed by atoms with E-state index < -0.39 is 18.2 Å². The van der Waals surface area contributed by atoms with Crippen molar-refractivity contribution in [2.24, 2.45) is 5.92 Å². The molecule has 0 aliphatic carbocycles. The number of carbonyl (C=O) groups is 2. The number of carbonyl (C=O) groups excluding carboxylic acids is 1. The van der Waals surface area contributed by atoms with Gasteiger partial charge in [0.15, 0.2) is 0 Å². The number of amides is 1. The standard InChI is InChI=1S/C13H15Cl2NO4/c1-7(2)5-11(12(17)18)20-13(19)16-8-3-4-9(14)10(15)6-8/h3-4,6-7,11H,5H2,1-2H3,(H,16,19)(H,17,18)/t11-/m0/s1. The number of nitrogens with one attached hydrogen (secondary N) is 1. The average molecular weight is 320 g/mol. The first-order valence-electron chi connectivity index (χ1n) is 5.95. The van der Waals surface area contributed by atoms with Crippen LogP contribution in [0.2, 0.25) is 10.0 Å². The summed E-state index contributed by atoms with van der Waals surface area (Å²) < 4.78 is 4.87. The fourth-order valence-electron chi connectivity index (χ4n) is 1.48. The molecule has 0 fully saturated rings. The van der Waals surface area contributed by atoms with E-state index in [9.17, 15) is 9.59 Å². The molecule has 0 heterocycles. The normalized spacial score (nSPS) is 12.1. The van der Waals surface area contributed by atoms with Gasteiger partial charge in [0.25, 0.3) is 0 Å². The largest absolute Gasteiger partial charge is 0.479 e. The van der Waals surface area contributed by atoms with Crippen molar-refractivity contribution < 1.29 is 19.4 Å². The number of hydrogen-bond acceptors (Lipinski definition) is 3. The summed E-state index contributed by atoms with van der Waals surface area (Å²) in [4.78, 5) is 22.6. The molecule has 5 nitrogen and oxygen atoms in total. The van der Waals surface area contributed by atoms with Crippen molar-refractivity contribution in [3.8, 4) is 0 Å². The van der Waals surface area contributed by atoms with E-state index in [0.29, 0.717) is 10.7 Å². The minimum absolute atomic E-state index is 0.0916. The molecule has 0 saturated carbocycles. The van der Waals surface area contributed by atoms with Gasteiger partial charge in [-0.15, -0.1) is 0 Å². The molecule has 1 aromatic rings. The van der Waals surface area contributed by atoms with Crippen LogP contribution in [0.25, 0.3) is 0 Å². The van der Waals surface area contributed by atoms with E-state index in [4.69, 9.17) is 33.0 Å². The van der Waals surface area contributed by atoms with Crippen molar-refractivity contribution in [2.75, 3.05) is 5.32 Å². The summed E-state index contributed by atoms with van der Waals surface area (Å²) in [5.74, 6) is -1.09. The first kappa shape index (κ1) is 16.6. The van der Waals surface area contributed by atoms with Crippen molar-refractivity contribution in [2.45, 2.75) is 26.4 Å². The number of anilines is 1. The lowest BCUT2D eigenvalue weighted by Crippen LogP contribution is -2.30. The Morgan fingerprint density at radius 3 is 2.45 bits per heavy atom. The van der Waals surface area contributed by atoms with Crippen LogP contribution in [0.15, 0.2) is 18.2 Å². The van der Waals surface area contributed by atoms with Gasteiger partial charge in [-0.2, -0.15) is 0 Å². The Labute approximate surface area is 126 Å². The highest BCUT2D eigenvalue weighted by atomic mass is 35.5. The third kappa shape index (κ3) is 5.27. The number of carboxylic acids is 1. The molecule has 1 amide bonds. The van der Waals surface area contributed by atoms with Gasteiger partial charge in [-0.1, -0.05) is 37.0 Å². The van der Waals surface area contributed by atoms with Crippen molar-refractivity contribution >= 4 is 41.0 Å². The molecule has 0 unspecified atom stereocenters. The molecule has 0 aromatic heterocycles. The smallest absolute Gasteiger partial charge is 0.412 e. The van der Waals surface area contributed by atoms with Gasteiger partial charge in [-0.3, -0.25) is 5.32 Å². The van der Waals surface area contributed by atoms with Crippen LogP contribution in [-0.4, -0.2) is 23.3 Å². The number of halogens is 2. The molecule has 0 spiro atoms. The molecule has 0 aliphatic rings. The van der Waals surface area contributed by atoms with Gasteiger partial charge in [-0.25, -0.2) is 9.59 Å². The molecular weight excluding hydrogens is 305 g/mol. The first-order chi connectivity index (χ1) is 9.29. The maximum absolute atomic E-state index is 11.6. The SMILES string of the molecule is CC(C)C[C@H](OC(=O)Nc1ccc(Cl)c(Cl)c1)C(=O)O. The van der Waals surface area contributed by atoms with Crippen LogP contribution in [0, 0.1) is 5.92 Å². The van der Waals surface area contributed by atoms with Gasteiger partial charge in [0, 0.05) is 5.69 Å². The van der Waals surface area contributed by atoms with Crippen LogP contribution in [-0.2, 0) is 9.53 Å². The Balaban J connectivity index is 2.65. The van der Waals surface area contributed by atoms with Gasteiger partial charge in [0.2, 0.25) is 6.10 Å². The molecule has 1 rings (SSSR count). The van der Waals surface area contributed by atoms with Gasteiger partial charge in [-0.05, 0) is 30.5 Å². The molecule has 0 radical (unpaired) electrons. The fraction of sp³-hybridized carbons (Fsp3) is 0.385. The zero-order valence-electron chi connectivity index (χ0n) is 11.0. The minimum Gasteiger partial charge on any atom is -0.479 e. The minimum atomic E-state index is -1.18. The molecule has 20 heavy (non-hydrogen) atoms. The van der Waals surface area contributed by atoms with E-state index in [-0.39, 0.29) is 17.4 Å². The zero-order valence-corrected chi connectivity index (χ0v) is 12.5. The van der Waals surface area contributed by atoms with Crippen LogP contribution >= 0.6 is 23.2 Å². The van der Waals surface area contributed by atoms with E-state index in [2.05, 4.69) is 5.32 Å². The third-order valence-electron chi connectivity index (χ3n) is 2.38. The predicted octanol–water partition coefficient (Wildman–Crippen LogP) is 4.04.